The third kappa shape index (κ3) is 1.61. The number of aliphatic carboxylic acids is 1. The Morgan fingerprint density at radius 3 is 2.71 bits per heavy atom. The minimum absolute atomic E-state index is 0.576. The van der Waals surface area contributed by atoms with E-state index in [-0.39, 0.29) is 0 Å². The van der Waals surface area contributed by atoms with Crippen molar-refractivity contribution in [3.8, 4) is 0 Å². The molecule has 2 nitrogen and oxygen atoms in total. The number of hydrogen-bond donors (Lipinski definition) is 1. The van der Waals surface area contributed by atoms with Crippen LogP contribution in [0.15, 0.2) is 23.8 Å². The fraction of sp³-hybridized carbons (Fsp3) is 0.583. The molecule has 2 heteroatoms. The molecule has 1 N–H and O–H groups in total. The van der Waals surface area contributed by atoms with Crippen LogP contribution in [-0.4, -0.2) is 11.1 Å². The zero-order valence-corrected chi connectivity index (χ0v) is 8.44. The zero-order valence-electron chi connectivity index (χ0n) is 8.44. The van der Waals surface area contributed by atoms with Crippen molar-refractivity contribution in [1.82, 2.24) is 0 Å². The maximum Gasteiger partial charge on any atom is 0.331 e. The summed E-state index contributed by atoms with van der Waals surface area (Å²) in [7, 11) is 0. The van der Waals surface area contributed by atoms with Crippen LogP contribution in [0, 0.1) is 17.8 Å². The molecule has 0 radical (unpaired) electrons. The highest BCUT2D eigenvalue weighted by Crippen LogP contribution is 2.45. The highest BCUT2D eigenvalue weighted by molar-refractivity contribution is 5.86. The van der Waals surface area contributed by atoms with E-state index in [4.69, 9.17) is 5.11 Å². The van der Waals surface area contributed by atoms with Gasteiger partial charge in [0.15, 0.2) is 0 Å². The minimum Gasteiger partial charge on any atom is -0.478 e. The molecule has 1 fully saturated rings. The van der Waals surface area contributed by atoms with Gasteiger partial charge in [-0.15, -0.1) is 0 Å². The number of rotatable bonds is 3. The Morgan fingerprint density at radius 2 is 2.29 bits per heavy atom. The average molecular weight is 192 g/mol. The van der Waals surface area contributed by atoms with Crippen molar-refractivity contribution in [3.63, 3.8) is 0 Å². The van der Waals surface area contributed by atoms with Crippen LogP contribution in [0.4, 0.5) is 0 Å². The molecule has 2 aliphatic rings. The van der Waals surface area contributed by atoms with Gasteiger partial charge in [-0.2, -0.15) is 0 Å². The molecular formula is C12H16O2. The van der Waals surface area contributed by atoms with E-state index in [1.165, 1.54) is 12.8 Å². The van der Waals surface area contributed by atoms with E-state index in [0.717, 1.165) is 12.3 Å². The average Bonchev–Trinajstić information content (AvgIpc) is 2.74. The number of carboxylic acid groups (broad SMARTS) is 1. The minimum atomic E-state index is -0.751. The predicted octanol–water partition coefficient (Wildman–Crippen LogP) is 2.62. The van der Waals surface area contributed by atoms with Crippen LogP contribution < -0.4 is 0 Å². The van der Waals surface area contributed by atoms with E-state index < -0.39 is 5.97 Å². The van der Waals surface area contributed by atoms with Gasteiger partial charge in [0.25, 0.3) is 0 Å². The van der Waals surface area contributed by atoms with Gasteiger partial charge in [0.1, 0.15) is 0 Å². The van der Waals surface area contributed by atoms with Crippen molar-refractivity contribution in [2.45, 2.75) is 26.2 Å². The first-order valence-electron chi connectivity index (χ1n) is 5.27. The Hall–Kier alpha value is -1.05. The summed E-state index contributed by atoms with van der Waals surface area (Å²) in [6.07, 6.45) is 9.48. The summed E-state index contributed by atoms with van der Waals surface area (Å²) in [5.41, 5.74) is 0.580. The first-order chi connectivity index (χ1) is 6.70. The Balaban J connectivity index is 1.99. The van der Waals surface area contributed by atoms with Crippen molar-refractivity contribution >= 4 is 5.97 Å². The van der Waals surface area contributed by atoms with Crippen LogP contribution in [0.3, 0.4) is 0 Å². The van der Waals surface area contributed by atoms with Crippen LogP contribution in [0.2, 0.25) is 0 Å². The van der Waals surface area contributed by atoms with E-state index in [1.54, 1.807) is 6.08 Å². The summed E-state index contributed by atoms with van der Waals surface area (Å²) in [5, 5.41) is 8.92. The maximum atomic E-state index is 10.8. The first-order valence-corrected chi connectivity index (χ1v) is 5.27. The Bertz CT molecular complexity index is 301. The van der Waals surface area contributed by atoms with E-state index in [0.29, 0.717) is 17.4 Å². The Labute approximate surface area is 84.3 Å². The number of hydrogen-bond acceptors (Lipinski definition) is 1. The largest absolute Gasteiger partial charge is 0.478 e. The molecule has 2 aliphatic carbocycles. The molecule has 2 bridgehead atoms. The second-order valence-electron chi connectivity index (χ2n) is 4.36. The molecule has 76 valence electrons. The smallest absolute Gasteiger partial charge is 0.331 e. The van der Waals surface area contributed by atoms with E-state index in [2.05, 4.69) is 12.2 Å². The Kier molecular flexibility index (Phi) is 2.44. The van der Waals surface area contributed by atoms with Crippen molar-refractivity contribution in [3.05, 3.63) is 23.8 Å². The van der Waals surface area contributed by atoms with Crippen LogP contribution in [0.1, 0.15) is 26.2 Å². The summed E-state index contributed by atoms with van der Waals surface area (Å²) >= 11 is 0. The molecule has 0 saturated heterocycles. The second-order valence-corrected chi connectivity index (χ2v) is 4.36. The molecule has 1 saturated carbocycles. The molecule has 14 heavy (non-hydrogen) atoms. The van der Waals surface area contributed by atoms with Gasteiger partial charge in [-0.05, 0) is 43.9 Å². The normalized spacial score (nSPS) is 35.2. The van der Waals surface area contributed by atoms with Crippen molar-refractivity contribution < 1.29 is 9.90 Å². The van der Waals surface area contributed by atoms with Gasteiger partial charge < -0.3 is 5.11 Å². The summed E-state index contributed by atoms with van der Waals surface area (Å²) in [6, 6.07) is 0. The van der Waals surface area contributed by atoms with Gasteiger partial charge in [-0.25, -0.2) is 4.79 Å². The zero-order chi connectivity index (χ0) is 10.1. The fourth-order valence-corrected chi connectivity index (χ4v) is 2.74. The van der Waals surface area contributed by atoms with Gasteiger partial charge in [-0.1, -0.05) is 18.2 Å². The van der Waals surface area contributed by atoms with Crippen LogP contribution in [-0.2, 0) is 4.79 Å². The Morgan fingerprint density at radius 1 is 1.50 bits per heavy atom. The van der Waals surface area contributed by atoms with E-state index in [9.17, 15) is 4.79 Å². The molecule has 3 atom stereocenters. The fourth-order valence-electron chi connectivity index (χ4n) is 2.74. The monoisotopic (exact) mass is 192 g/mol. The molecule has 0 aromatic carbocycles. The number of allylic oxidation sites excluding steroid dienone is 3. The highest BCUT2D eigenvalue weighted by Gasteiger charge is 2.36. The van der Waals surface area contributed by atoms with Crippen LogP contribution in [0.5, 0.6) is 0 Å². The summed E-state index contributed by atoms with van der Waals surface area (Å²) < 4.78 is 0. The standard InChI is InChI=1S/C12H16O2/c1-2-9(12(13)14)7-11-6-8-3-4-10(11)5-8/h2-4,8,10-11H,5-7H2,1H3,(H,13,14). The van der Waals surface area contributed by atoms with Crippen LogP contribution in [0.25, 0.3) is 0 Å². The lowest BCUT2D eigenvalue weighted by atomic mass is 9.87. The molecule has 0 aliphatic heterocycles. The maximum absolute atomic E-state index is 10.8. The van der Waals surface area contributed by atoms with E-state index >= 15 is 0 Å². The number of carbonyl (C=O) groups is 1. The number of fused-ring (bicyclic) bond motifs is 2. The lowest BCUT2D eigenvalue weighted by Crippen LogP contribution is -2.12. The van der Waals surface area contributed by atoms with Crippen molar-refractivity contribution in [2.24, 2.45) is 17.8 Å². The highest BCUT2D eigenvalue weighted by atomic mass is 16.4. The van der Waals surface area contributed by atoms with Crippen molar-refractivity contribution in [2.75, 3.05) is 0 Å². The molecule has 0 amide bonds. The summed E-state index contributed by atoms with van der Waals surface area (Å²) in [6.45, 7) is 1.81. The molecule has 0 aromatic rings. The number of carboxylic acids is 1. The molecular weight excluding hydrogens is 176 g/mol. The molecule has 2 rings (SSSR count). The molecule has 3 unspecified atom stereocenters. The predicted molar refractivity (Wildman–Crippen MR) is 54.9 cm³/mol. The molecule has 0 heterocycles. The molecule has 0 aromatic heterocycles. The van der Waals surface area contributed by atoms with Gasteiger partial charge in [-0.3, -0.25) is 0 Å². The van der Waals surface area contributed by atoms with Gasteiger partial charge >= 0.3 is 5.97 Å². The van der Waals surface area contributed by atoms with Gasteiger partial charge in [0.05, 0.1) is 0 Å². The topological polar surface area (TPSA) is 37.3 Å². The molecule has 0 spiro atoms. The third-order valence-corrected chi connectivity index (χ3v) is 3.52. The summed E-state index contributed by atoms with van der Waals surface area (Å²) in [4.78, 5) is 10.8. The lowest BCUT2D eigenvalue weighted by Gasteiger charge is -2.17. The van der Waals surface area contributed by atoms with Gasteiger partial charge in [0, 0.05) is 5.57 Å². The quantitative estimate of drug-likeness (QED) is 0.551. The van der Waals surface area contributed by atoms with Crippen LogP contribution >= 0.6 is 0 Å². The van der Waals surface area contributed by atoms with Crippen molar-refractivity contribution in [1.29, 1.82) is 0 Å². The van der Waals surface area contributed by atoms with Gasteiger partial charge in [0.2, 0.25) is 0 Å². The first kappa shape index (κ1) is 9.50. The third-order valence-electron chi connectivity index (χ3n) is 3.52. The second kappa shape index (κ2) is 3.60. The summed E-state index contributed by atoms with van der Waals surface area (Å²) in [5.74, 6) is 1.21. The SMILES string of the molecule is CC=C(CC1CC2C=CC1C2)C(=O)O. The lowest BCUT2D eigenvalue weighted by molar-refractivity contribution is -0.132. The van der Waals surface area contributed by atoms with E-state index in [1.807, 2.05) is 6.92 Å².